The predicted octanol–water partition coefficient (Wildman–Crippen LogP) is 3.92. The average molecular weight is 392 g/mol. The van der Waals surface area contributed by atoms with Gasteiger partial charge in [-0.1, -0.05) is 15.9 Å². The summed E-state index contributed by atoms with van der Waals surface area (Å²) in [4.78, 5) is 15.1. The van der Waals surface area contributed by atoms with Gasteiger partial charge >= 0.3 is 12.3 Å². The van der Waals surface area contributed by atoms with Crippen LogP contribution in [0.25, 0.3) is 0 Å². The van der Waals surface area contributed by atoms with Crippen LogP contribution in [0.2, 0.25) is 0 Å². The number of ether oxygens (including phenoxy) is 2. The third-order valence-electron chi connectivity index (χ3n) is 2.33. The quantitative estimate of drug-likeness (QED) is 0.419. The van der Waals surface area contributed by atoms with E-state index >= 15 is 0 Å². The number of carbonyl (C=O) groups is 1. The first-order valence-corrected chi connectivity index (χ1v) is 7.08. The van der Waals surface area contributed by atoms with Crippen LogP contribution >= 0.6 is 15.9 Å². The molecule has 0 bridgehead atoms. The minimum Gasteiger partial charge on any atom is -0.466 e. The molecule has 0 aliphatic rings. The molecule has 1 aromatic heterocycles. The molecule has 0 unspecified atom stereocenters. The van der Waals surface area contributed by atoms with Crippen molar-refractivity contribution in [2.45, 2.75) is 31.5 Å². The van der Waals surface area contributed by atoms with Gasteiger partial charge in [-0.3, -0.25) is 9.78 Å². The molecule has 1 heterocycles. The molecule has 0 aromatic carbocycles. The fourth-order valence-corrected chi connectivity index (χ4v) is 1.89. The summed E-state index contributed by atoms with van der Waals surface area (Å²) in [6.45, 7) is 1.49. The molecule has 0 saturated carbocycles. The highest BCUT2D eigenvalue weighted by molar-refractivity contribution is 9.08. The van der Waals surface area contributed by atoms with E-state index in [1.165, 1.54) is 6.92 Å². The summed E-state index contributed by atoms with van der Waals surface area (Å²) in [7, 11) is 0. The van der Waals surface area contributed by atoms with Crippen molar-refractivity contribution >= 4 is 21.9 Å². The Hall–Kier alpha value is -1.45. The summed E-state index contributed by atoms with van der Waals surface area (Å²) >= 11 is 2.97. The van der Waals surface area contributed by atoms with E-state index in [1.807, 2.05) is 0 Å². The van der Waals surface area contributed by atoms with Gasteiger partial charge in [-0.25, -0.2) is 8.78 Å². The Kier molecular flexibility index (Phi) is 6.51. The minimum absolute atomic E-state index is 0.00582. The van der Waals surface area contributed by atoms with Crippen molar-refractivity contribution in [1.82, 2.24) is 4.98 Å². The molecule has 1 aromatic rings. The lowest BCUT2D eigenvalue weighted by Gasteiger charge is -2.17. The normalized spacial score (nSPS) is 11.6. The first kappa shape index (κ1) is 18.6. The Morgan fingerprint density at radius 2 is 2.05 bits per heavy atom. The number of hydrogen-bond donors (Lipinski definition) is 0. The SMILES string of the molecule is CCOC(=O)Cc1nc(CBr)cc(C(F)F)c1OC(F)(F)F. The highest BCUT2D eigenvalue weighted by Gasteiger charge is 2.35. The van der Waals surface area contributed by atoms with Crippen molar-refractivity contribution in [3.8, 4) is 5.75 Å². The second-order valence-corrected chi connectivity index (χ2v) is 4.50. The van der Waals surface area contributed by atoms with Gasteiger partial charge in [0.25, 0.3) is 6.43 Å². The maximum Gasteiger partial charge on any atom is 0.573 e. The number of hydrogen-bond acceptors (Lipinski definition) is 4. The van der Waals surface area contributed by atoms with Crippen LogP contribution in [-0.2, 0) is 21.3 Å². The van der Waals surface area contributed by atoms with Crippen LogP contribution in [0.1, 0.15) is 30.3 Å². The topological polar surface area (TPSA) is 48.4 Å². The summed E-state index contributed by atoms with van der Waals surface area (Å²) in [5, 5.41) is 0.0227. The Bertz CT molecular complexity index is 536. The molecule has 10 heteroatoms. The lowest BCUT2D eigenvalue weighted by molar-refractivity contribution is -0.275. The number of nitrogens with zero attached hydrogens (tertiary/aromatic N) is 1. The van der Waals surface area contributed by atoms with E-state index in [-0.39, 0.29) is 17.6 Å². The van der Waals surface area contributed by atoms with Crippen molar-refractivity contribution in [2.75, 3.05) is 6.61 Å². The summed E-state index contributed by atoms with van der Waals surface area (Å²) in [5.74, 6) is -2.06. The second-order valence-electron chi connectivity index (χ2n) is 3.94. The van der Waals surface area contributed by atoms with Crippen LogP contribution < -0.4 is 4.74 Å². The summed E-state index contributed by atoms with van der Waals surface area (Å²) in [6.07, 6.45) is -9.12. The predicted molar refractivity (Wildman–Crippen MR) is 68.8 cm³/mol. The Morgan fingerprint density at radius 3 is 2.50 bits per heavy atom. The maximum atomic E-state index is 13.0. The molecule has 0 saturated heterocycles. The average Bonchev–Trinajstić information content (AvgIpc) is 2.38. The van der Waals surface area contributed by atoms with Crippen LogP contribution in [-0.4, -0.2) is 23.9 Å². The number of carbonyl (C=O) groups excluding carboxylic acids is 1. The van der Waals surface area contributed by atoms with Gasteiger partial charge in [0.05, 0.1) is 30.0 Å². The number of alkyl halides is 6. The van der Waals surface area contributed by atoms with Crippen molar-refractivity contribution in [2.24, 2.45) is 0 Å². The van der Waals surface area contributed by atoms with Crippen LogP contribution in [0.15, 0.2) is 6.07 Å². The van der Waals surface area contributed by atoms with Gasteiger partial charge in [-0.15, -0.1) is 13.2 Å². The third-order valence-corrected chi connectivity index (χ3v) is 2.91. The van der Waals surface area contributed by atoms with E-state index < -0.39 is 42.2 Å². The first-order chi connectivity index (χ1) is 10.2. The highest BCUT2D eigenvalue weighted by atomic mass is 79.9. The summed E-state index contributed by atoms with van der Waals surface area (Å²) < 4.78 is 71.4. The van der Waals surface area contributed by atoms with Gasteiger partial charge in [-0.2, -0.15) is 0 Å². The minimum atomic E-state index is -5.19. The molecule has 0 spiro atoms. The number of aromatic nitrogens is 1. The van der Waals surface area contributed by atoms with Gasteiger partial charge in [0.1, 0.15) is 0 Å². The largest absolute Gasteiger partial charge is 0.573 e. The zero-order valence-electron chi connectivity index (χ0n) is 11.2. The zero-order valence-corrected chi connectivity index (χ0v) is 12.8. The van der Waals surface area contributed by atoms with Crippen LogP contribution in [0.3, 0.4) is 0 Å². The standard InChI is InChI=1S/C12H11BrF5NO3/c1-2-21-9(20)4-8-10(22-12(16,17)18)7(11(14)15)3-6(5-13)19-8/h3,11H,2,4-5H2,1H3. The zero-order chi connectivity index (χ0) is 16.9. The third kappa shape index (κ3) is 5.39. The van der Waals surface area contributed by atoms with E-state index in [0.29, 0.717) is 0 Å². The van der Waals surface area contributed by atoms with Gasteiger partial charge in [0.2, 0.25) is 0 Å². The molecule has 0 aliphatic carbocycles. The van der Waals surface area contributed by atoms with E-state index in [0.717, 1.165) is 6.07 Å². The van der Waals surface area contributed by atoms with Crippen LogP contribution in [0, 0.1) is 0 Å². The molecule has 0 atom stereocenters. The molecule has 4 nitrogen and oxygen atoms in total. The van der Waals surface area contributed by atoms with E-state index in [1.54, 1.807) is 0 Å². The van der Waals surface area contributed by atoms with Gasteiger partial charge in [0.15, 0.2) is 5.75 Å². The van der Waals surface area contributed by atoms with Crippen molar-refractivity contribution < 1.29 is 36.2 Å². The van der Waals surface area contributed by atoms with Gasteiger partial charge in [-0.05, 0) is 13.0 Å². The molecule has 0 radical (unpaired) electrons. The van der Waals surface area contributed by atoms with Crippen LogP contribution in [0.5, 0.6) is 5.75 Å². The molecular formula is C12H11BrF5NO3. The lowest BCUT2D eigenvalue weighted by Crippen LogP contribution is -2.21. The van der Waals surface area contributed by atoms with Gasteiger partial charge < -0.3 is 9.47 Å². The Morgan fingerprint density at radius 1 is 1.41 bits per heavy atom. The van der Waals surface area contributed by atoms with E-state index in [2.05, 4.69) is 30.4 Å². The number of esters is 1. The number of rotatable bonds is 6. The lowest BCUT2D eigenvalue weighted by atomic mass is 10.1. The van der Waals surface area contributed by atoms with Gasteiger partial charge in [0, 0.05) is 5.33 Å². The Labute approximate surface area is 130 Å². The monoisotopic (exact) mass is 391 g/mol. The maximum absolute atomic E-state index is 13.0. The van der Waals surface area contributed by atoms with Crippen LogP contribution in [0.4, 0.5) is 22.0 Å². The second kappa shape index (κ2) is 7.70. The van der Waals surface area contributed by atoms with Crippen molar-refractivity contribution in [3.05, 3.63) is 23.0 Å². The first-order valence-electron chi connectivity index (χ1n) is 5.96. The van der Waals surface area contributed by atoms with Crippen molar-refractivity contribution in [1.29, 1.82) is 0 Å². The van der Waals surface area contributed by atoms with E-state index in [9.17, 15) is 26.7 Å². The molecule has 22 heavy (non-hydrogen) atoms. The van der Waals surface area contributed by atoms with E-state index in [4.69, 9.17) is 0 Å². The number of halogens is 6. The highest BCUT2D eigenvalue weighted by Crippen LogP contribution is 2.36. The molecule has 0 N–H and O–H groups in total. The smallest absolute Gasteiger partial charge is 0.466 e. The fourth-order valence-electron chi connectivity index (χ4n) is 1.60. The number of pyridine rings is 1. The molecular weight excluding hydrogens is 381 g/mol. The molecule has 1 rings (SSSR count). The van der Waals surface area contributed by atoms with Crippen molar-refractivity contribution in [3.63, 3.8) is 0 Å². The molecule has 0 amide bonds. The molecule has 124 valence electrons. The Balaban J connectivity index is 3.35. The molecule has 0 aliphatic heterocycles. The molecule has 0 fully saturated rings. The summed E-state index contributed by atoms with van der Waals surface area (Å²) in [6, 6.07) is 0.787. The fraction of sp³-hybridized carbons (Fsp3) is 0.500. The summed E-state index contributed by atoms with van der Waals surface area (Å²) in [5.41, 5.74) is -1.49.